The van der Waals surface area contributed by atoms with Gasteiger partial charge in [-0.3, -0.25) is 9.69 Å². The van der Waals surface area contributed by atoms with Gasteiger partial charge in [-0.15, -0.1) is 0 Å². The lowest BCUT2D eigenvalue weighted by molar-refractivity contribution is -0.125. The van der Waals surface area contributed by atoms with Crippen molar-refractivity contribution in [2.45, 2.75) is 19.9 Å². The molecule has 1 atom stereocenters. The molecule has 1 aliphatic heterocycles. The quantitative estimate of drug-likeness (QED) is 0.595. The Labute approximate surface area is 133 Å². The second-order valence-electron chi connectivity index (χ2n) is 5.98. The van der Waals surface area contributed by atoms with Gasteiger partial charge < -0.3 is 4.90 Å². The predicted molar refractivity (Wildman–Crippen MR) is 91.4 cm³/mol. The van der Waals surface area contributed by atoms with E-state index >= 15 is 0 Å². The van der Waals surface area contributed by atoms with Crippen LogP contribution in [0.4, 0.5) is 0 Å². The van der Waals surface area contributed by atoms with Crippen LogP contribution in [-0.4, -0.2) is 42.4 Å². The highest BCUT2D eigenvalue weighted by Gasteiger charge is 2.24. The third kappa shape index (κ3) is 5.15. The molecule has 0 radical (unpaired) electrons. The molecule has 118 valence electrons. The molecular formula is C19H26N2O. The Morgan fingerprint density at radius 3 is 2.82 bits per heavy atom. The van der Waals surface area contributed by atoms with Gasteiger partial charge >= 0.3 is 0 Å². The summed E-state index contributed by atoms with van der Waals surface area (Å²) in [6.45, 7) is 5.99. The van der Waals surface area contributed by atoms with Crippen LogP contribution in [-0.2, 0) is 11.3 Å². The van der Waals surface area contributed by atoms with Crippen molar-refractivity contribution in [1.29, 1.82) is 0 Å². The Morgan fingerprint density at radius 1 is 1.32 bits per heavy atom. The predicted octanol–water partition coefficient (Wildman–Crippen LogP) is 3.10. The number of hydrogen-bond donors (Lipinski definition) is 0. The first-order valence-corrected chi connectivity index (χ1v) is 7.99. The van der Waals surface area contributed by atoms with E-state index < -0.39 is 0 Å². The van der Waals surface area contributed by atoms with Crippen LogP contribution in [0.15, 0.2) is 54.6 Å². The molecule has 0 saturated carbocycles. The number of allylic oxidation sites excluding steroid dienone is 3. The summed E-state index contributed by atoms with van der Waals surface area (Å²) < 4.78 is 0. The maximum atomic E-state index is 12.0. The van der Waals surface area contributed by atoms with Crippen LogP contribution < -0.4 is 0 Å². The highest BCUT2D eigenvalue weighted by atomic mass is 16.2. The minimum atomic E-state index is 0.0830. The van der Waals surface area contributed by atoms with E-state index in [0.29, 0.717) is 5.92 Å². The van der Waals surface area contributed by atoms with Crippen molar-refractivity contribution in [3.05, 3.63) is 60.2 Å². The highest BCUT2D eigenvalue weighted by Crippen LogP contribution is 2.19. The van der Waals surface area contributed by atoms with Crippen molar-refractivity contribution < 1.29 is 4.79 Å². The number of carbonyl (C=O) groups excluding carboxylic acids is 1. The molecule has 1 aliphatic rings. The summed E-state index contributed by atoms with van der Waals surface area (Å²) in [6.07, 6.45) is 8.40. The van der Waals surface area contributed by atoms with Crippen LogP contribution in [0.3, 0.4) is 0 Å². The third-order valence-electron chi connectivity index (χ3n) is 4.07. The van der Waals surface area contributed by atoms with E-state index in [1.807, 2.05) is 31.0 Å². The molecule has 0 N–H and O–H groups in total. The molecular weight excluding hydrogens is 272 g/mol. The normalized spacial score (nSPS) is 19.3. The van der Waals surface area contributed by atoms with Crippen molar-refractivity contribution in [2.75, 3.05) is 26.7 Å². The molecule has 0 spiro atoms. The van der Waals surface area contributed by atoms with Gasteiger partial charge in [-0.1, -0.05) is 48.6 Å². The summed E-state index contributed by atoms with van der Waals surface area (Å²) in [5.74, 6) is 0.660. The number of carbonyl (C=O) groups is 1. The van der Waals surface area contributed by atoms with Crippen LogP contribution >= 0.6 is 0 Å². The number of hydrogen-bond acceptors (Lipinski definition) is 2. The lowest BCUT2D eigenvalue weighted by atomic mass is 10.1. The number of amides is 1. The zero-order chi connectivity index (χ0) is 15.8. The lowest BCUT2D eigenvalue weighted by Crippen LogP contribution is -2.32. The van der Waals surface area contributed by atoms with Crippen molar-refractivity contribution >= 4 is 5.91 Å². The Balaban J connectivity index is 1.77. The minimum Gasteiger partial charge on any atom is -0.342 e. The Bertz CT molecular complexity index is 521. The molecule has 2 rings (SSSR count). The third-order valence-corrected chi connectivity index (χ3v) is 4.07. The van der Waals surface area contributed by atoms with Gasteiger partial charge in [-0.25, -0.2) is 0 Å². The second-order valence-corrected chi connectivity index (χ2v) is 5.98. The molecule has 3 nitrogen and oxygen atoms in total. The summed E-state index contributed by atoms with van der Waals surface area (Å²) in [7, 11) is 1.89. The monoisotopic (exact) mass is 298 g/mol. The molecule has 0 bridgehead atoms. The van der Waals surface area contributed by atoms with E-state index in [2.05, 4.69) is 35.2 Å². The van der Waals surface area contributed by atoms with Crippen molar-refractivity contribution in [3.8, 4) is 0 Å². The molecule has 1 fully saturated rings. The Hall–Kier alpha value is -1.87. The summed E-state index contributed by atoms with van der Waals surface area (Å²) in [5, 5.41) is 0. The zero-order valence-electron chi connectivity index (χ0n) is 13.6. The largest absolute Gasteiger partial charge is 0.342 e. The first kappa shape index (κ1) is 16.5. The fourth-order valence-corrected chi connectivity index (χ4v) is 2.90. The lowest BCUT2D eigenvalue weighted by Gasteiger charge is -2.20. The van der Waals surface area contributed by atoms with E-state index in [9.17, 15) is 4.79 Å². The molecule has 1 saturated heterocycles. The molecule has 0 aromatic heterocycles. The van der Waals surface area contributed by atoms with Crippen LogP contribution in [0.5, 0.6) is 0 Å². The summed E-state index contributed by atoms with van der Waals surface area (Å²) in [4.78, 5) is 16.3. The van der Waals surface area contributed by atoms with Gasteiger partial charge in [0.2, 0.25) is 5.91 Å². The molecule has 3 heteroatoms. The number of likely N-dealkylation sites (tertiary alicyclic amines) is 1. The van der Waals surface area contributed by atoms with E-state index in [-0.39, 0.29) is 5.91 Å². The minimum absolute atomic E-state index is 0.0830. The van der Waals surface area contributed by atoms with Gasteiger partial charge in [0.25, 0.3) is 0 Å². The van der Waals surface area contributed by atoms with Crippen LogP contribution in [0, 0.1) is 5.92 Å². The van der Waals surface area contributed by atoms with Crippen LogP contribution in [0.2, 0.25) is 0 Å². The van der Waals surface area contributed by atoms with Crippen LogP contribution in [0.25, 0.3) is 0 Å². The SMILES string of the molecule is C/C=C/C=C\C(=O)N(C)C[C@@H]1CCN(Cc2ccccc2)C1. The zero-order valence-corrected chi connectivity index (χ0v) is 13.6. The number of likely N-dealkylation sites (N-methyl/N-ethyl adjacent to an activating group) is 1. The van der Waals surface area contributed by atoms with Crippen LogP contribution in [0.1, 0.15) is 18.9 Å². The van der Waals surface area contributed by atoms with Crippen molar-refractivity contribution in [2.24, 2.45) is 5.92 Å². The van der Waals surface area contributed by atoms with Gasteiger partial charge in [0.1, 0.15) is 0 Å². The number of benzene rings is 1. The van der Waals surface area contributed by atoms with Gasteiger partial charge in [0.05, 0.1) is 0 Å². The first-order chi connectivity index (χ1) is 10.7. The van der Waals surface area contributed by atoms with Crippen molar-refractivity contribution in [3.63, 3.8) is 0 Å². The van der Waals surface area contributed by atoms with E-state index in [0.717, 1.165) is 26.2 Å². The maximum Gasteiger partial charge on any atom is 0.246 e. The summed E-state index contributed by atoms with van der Waals surface area (Å²) in [6, 6.07) is 10.6. The van der Waals surface area contributed by atoms with Crippen molar-refractivity contribution in [1.82, 2.24) is 9.80 Å². The fraction of sp³-hybridized carbons (Fsp3) is 0.421. The van der Waals surface area contributed by atoms with E-state index in [4.69, 9.17) is 0 Å². The first-order valence-electron chi connectivity index (χ1n) is 7.99. The molecule has 0 unspecified atom stereocenters. The van der Waals surface area contributed by atoms with Gasteiger partial charge in [-0.2, -0.15) is 0 Å². The smallest absolute Gasteiger partial charge is 0.246 e. The molecule has 0 aliphatic carbocycles. The standard InChI is InChI=1S/C19H26N2O/c1-3-4-6-11-19(22)20(2)14-18-12-13-21(16-18)15-17-9-7-5-8-10-17/h3-11,18H,12-16H2,1-2H3/b4-3+,11-6-/t18-/m0/s1. The Morgan fingerprint density at radius 2 is 2.09 bits per heavy atom. The average Bonchev–Trinajstić information content (AvgIpc) is 2.95. The topological polar surface area (TPSA) is 23.6 Å². The van der Waals surface area contributed by atoms with Gasteiger partial charge in [0, 0.05) is 32.8 Å². The Kier molecular flexibility index (Phi) is 6.41. The molecule has 1 amide bonds. The van der Waals surface area contributed by atoms with Gasteiger partial charge in [-0.05, 0) is 31.4 Å². The average molecular weight is 298 g/mol. The number of nitrogens with zero attached hydrogens (tertiary/aromatic N) is 2. The summed E-state index contributed by atoms with van der Waals surface area (Å²) in [5.41, 5.74) is 1.36. The molecule has 1 aromatic rings. The second kappa shape index (κ2) is 8.54. The summed E-state index contributed by atoms with van der Waals surface area (Å²) >= 11 is 0. The van der Waals surface area contributed by atoms with Gasteiger partial charge in [0.15, 0.2) is 0 Å². The highest BCUT2D eigenvalue weighted by molar-refractivity contribution is 5.87. The number of rotatable bonds is 6. The fourth-order valence-electron chi connectivity index (χ4n) is 2.90. The molecule has 22 heavy (non-hydrogen) atoms. The molecule has 1 aromatic carbocycles. The van der Waals surface area contributed by atoms with E-state index in [1.165, 1.54) is 12.0 Å². The van der Waals surface area contributed by atoms with E-state index in [1.54, 1.807) is 12.2 Å². The maximum absolute atomic E-state index is 12.0. The molecule has 1 heterocycles.